The molecule has 0 aliphatic carbocycles. The van der Waals surface area contributed by atoms with Crippen LogP contribution in [0.4, 0.5) is 14.5 Å². The van der Waals surface area contributed by atoms with E-state index in [0.717, 1.165) is 21.9 Å². The standard InChI is InChI=1S/C13H11F2NOS/c1-6-3-9(7(2)18-6)13(17)10-4-8(14)5-11(16)12(10)15/h3-5H,16H2,1-2H3. The van der Waals surface area contributed by atoms with E-state index in [4.69, 9.17) is 5.73 Å². The summed E-state index contributed by atoms with van der Waals surface area (Å²) in [6, 6.07) is 3.40. The van der Waals surface area contributed by atoms with Crippen molar-refractivity contribution in [3.8, 4) is 0 Å². The second kappa shape index (κ2) is 4.49. The SMILES string of the molecule is Cc1cc(C(=O)c2cc(F)cc(N)c2F)c(C)s1. The highest BCUT2D eigenvalue weighted by Crippen LogP contribution is 2.26. The fourth-order valence-corrected chi connectivity index (χ4v) is 2.70. The first-order chi connectivity index (χ1) is 8.40. The van der Waals surface area contributed by atoms with Crippen LogP contribution in [-0.4, -0.2) is 5.78 Å². The predicted octanol–water partition coefficient (Wildman–Crippen LogP) is 3.46. The molecule has 0 fully saturated rings. The second-order valence-corrected chi connectivity index (χ2v) is 5.47. The molecule has 2 nitrogen and oxygen atoms in total. The van der Waals surface area contributed by atoms with Crippen LogP contribution in [0.15, 0.2) is 18.2 Å². The van der Waals surface area contributed by atoms with Gasteiger partial charge in [0.15, 0.2) is 11.6 Å². The van der Waals surface area contributed by atoms with Crippen molar-refractivity contribution in [1.29, 1.82) is 0 Å². The lowest BCUT2D eigenvalue weighted by Gasteiger charge is -2.05. The second-order valence-electron chi connectivity index (χ2n) is 4.01. The Morgan fingerprint density at radius 2 is 1.83 bits per heavy atom. The minimum Gasteiger partial charge on any atom is -0.396 e. The van der Waals surface area contributed by atoms with Gasteiger partial charge in [0.25, 0.3) is 0 Å². The average molecular weight is 267 g/mol. The normalized spacial score (nSPS) is 10.7. The van der Waals surface area contributed by atoms with Crippen LogP contribution >= 0.6 is 11.3 Å². The minimum absolute atomic E-state index is 0.326. The van der Waals surface area contributed by atoms with Crippen molar-refractivity contribution in [3.05, 3.63) is 50.7 Å². The van der Waals surface area contributed by atoms with Gasteiger partial charge in [-0.15, -0.1) is 11.3 Å². The Balaban J connectivity index is 2.56. The lowest BCUT2D eigenvalue weighted by Crippen LogP contribution is -2.07. The molecule has 0 saturated heterocycles. The van der Waals surface area contributed by atoms with Crippen LogP contribution in [0.25, 0.3) is 0 Å². The van der Waals surface area contributed by atoms with Gasteiger partial charge in [0.2, 0.25) is 0 Å². The molecule has 1 heterocycles. The van der Waals surface area contributed by atoms with Crippen molar-refractivity contribution in [2.24, 2.45) is 0 Å². The van der Waals surface area contributed by atoms with Crippen LogP contribution in [0.1, 0.15) is 25.7 Å². The molecular weight excluding hydrogens is 256 g/mol. The van der Waals surface area contributed by atoms with Crippen LogP contribution in [0, 0.1) is 25.5 Å². The number of halogens is 2. The Hall–Kier alpha value is -1.75. The van der Waals surface area contributed by atoms with E-state index in [9.17, 15) is 13.6 Å². The molecule has 94 valence electrons. The van der Waals surface area contributed by atoms with E-state index in [1.807, 2.05) is 6.92 Å². The van der Waals surface area contributed by atoms with Crippen LogP contribution in [0.3, 0.4) is 0 Å². The van der Waals surface area contributed by atoms with Crippen LogP contribution in [0.5, 0.6) is 0 Å². The molecule has 0 atom stereocenters. The van der Waals surface area contributed by atoms with Crippen LogP contribution in [0.2, 0.25) is 0 Å². The number of nitrogens with two attached hydrogens (primary N) is 1. The monoisotopic (exact) mass is 267 g/mol. The third-order valence-corrected chi connectivity index (χ3v) is 3.56. The van der Waals surface area contributed by atoms with Gasteiger partial charge >= 0.3 is 0 Å². The van der Waals surface area contributed by atoms with Crippen molar-refractivity contribution in [3.63, 3.8) is 0 Å². The number of anilines is 1. The van der Waals surface area contributed by atoms with E-state index < -0.39 is 17.4 Å². The Morgan fingerprint density at radius 1 is 1.17 bits per heavy atom. The van der Waals surface area contributed by atoms with Gasteiger partial charge in [0, 0.05) is 15.3 Å². The van der Waals surface area contributed by atoms with Gasteiger partial charge in [0.05, 0.1) is 11.3 Å². The van der Waals surface area contributed by atoms with Crippen LogP contribution in [-0.2, 0) is 0 Å². The molecule has 0 radical (unpaired) electrons. The number of hydrogen-bond donors (Lipinski definition) is 1. The van der Waals surface area contributed by atoms with E-state index in [0.29, 0.717) is 5.56 Å². The Labute approximate surface area is 107 Å². The zero-order valence-electron chi connectivity index (χ0n) is 9.88. The first kappa shape index (κ1) is 12.7. The molecule has 1 aromatic heterocycles. The van der Waals surface area contributed by atoms with E-state index in [2.05, 4.69) is 0 Å². The summed E-state index contributed by atoms with van der Waals surface area (Å²) in [7, 11) is 0. The number of carbonyl (C=O) groups excluding carboxylic acids is 1. The largest absolute Gasteiger partial charge is 0.396 e. The highest BCUT2D eigenvalue weighted by molar-refractivity contribution is 7.12. The van der Waals surface area contributed by atoms with Gasteiger partial charge in [-0.3, -0.25) is 4.79 Å². The summed E-state index contributed by atoms with van der Waals surface area (Å²) < 4.78 is 26.9. The van der Waals surface area contributed by atoms with Crippen molar-refractivity contribution in [2.45, 2.75) is 13.8 Å². The third-order valence-electron chi connectivity index (χ3n) is 2.60. The van der Waals surface area contributed by atoms with Crippen molar-refractivity contribution in [2.75, 3.05) is 5.73 Å². The molecule has 0 aliphatic heterocycles. The Morgan fingerprint density at radius 3 is 2.39 bits per heavy atom. The predicted molar refractivity (Wildman–Crippen MR) is 68.0 cm³/mol. The summed E-state index contributed by atoms with van der Waals surface area (Å²) in [6.45, 7) is 3.62. The summed E-state index contributed by atoms with van der Waals surface area (Å²) in [5, 5.41) is 0. The maximum atomic E-state index is 13.7. The van der Waals surface area contributed by atoms with Gasteiger partial charge in [-0.05, 0) is 32.0 Å². The summed E-state index contributed by atoms with van der Waals surface area (Å²) in [5.41, 5.74) is 5.02. The first-order valence-corrected chi connectivity index (χ1v) is 6.08. The molecule has 2 N–H and O–H groups in total. The molecule has 0 bridgehead atoms. The van der Waals surface area contributed by atoms with Crippen molar-refractivity contribution in [1.82, 2.24) is 0 Å². The number of rotatable bonds is 2. The fourth-order valence-electron chi connectivity index (χ4n) is 1.78. The summed E-state index contributed by atoms with van der Waals surface area (Å²) >= 11 is 1.44. The van der Waals surface area contributed by atoms with Gasteiger partial charge in [-0.1, -0.05) is 0 Å². The quantitative estimate of drug-likeness (QED) is 0.669. The van der Waals surface area contributed by atoms with Gasteiger partial charge < -0.3 is 5.73 Å². The van der Waals surface area contributed by atoms with Gasteiger partial charge in [-0.25, -0.2) is 8.78 Å². The van der Waals surface area contributed by atoms with Crippen LogP contribution < -0.4 is 5.73 Å². The molecule has 0 aliphatic rings. The topological polar surface area (TPSA) is 43.1 Å². The number of ketones is 1. The summed E-state index contributed by atoms with van der Waals surface area (Å²) in [4.78, 5) is 13.9. The smallest absolute Gasteiger partial charge is 0.197 e. The van der Waals surface area contributed by atoms with E-state index >= 15 is 0 Å². The fraction of sp³-hybridized carbons (Fsp3) is 0.154. The number of carbonyl (C=O) groups is 1. The summed E-state index contributed by atoms with van der Waals surface area (Å²) in [6.07, 6.45) is 0. The van der Waals surface area contributed by atoms with Gasteiger partial charge in [0.1, 0.15) is 5.82 Å². The molecular formula is C13H11F2NOS. The number of benzene rings is 1. The highest BCUT2D eigenvalue weighted by Gasteiger charge is 2.20. The highest BCUT2D eigenvalue weighted by atomic mass is 32.1. The molecule has 18 heavy (non-hydrogen) atoms. The van der Waals surface area contributed by atoms with E-state index in [-0.39, 0.29) is 11.3 Å². The molecule has 0 spiro atoms. The molecule has 0 saturated carbocycles. The van der Waals surface area contributed by atoms with E-state index in [1.54, 1.807) is 13.0 Å². The number of hydrogen-bond acceptors (Lipinski definition) is 3. The molecule has 2 rings (SSSR count). The first-order valence-electron chi connectivity index (χ1n) is 5.26. The molecule has 0 amide bonds. The van der Waals surface area contributed by atoms with E-state index in [1.165, 1.54) is 11.3 Å². The Bertz CT molecular complexity index is 634. The average Bonchev–Trinajstić information content (AvgIpc) is 2.62. The van der Waals surface area contributed by atoms with Crippen molar-refractivity contribution >= 4 is 22.8 Å². The summed E-state index contributed by atoms with van der Waals surface area (Å²) in [5.74, 6) is -2.13. The molecule has 5 heteroatoms. The lowest BCUT2D eigenvalue weighted by atomic mass is 10.0. The van der Waals surface area contributed by atoms with Crippen molar-refractivity contribution < 1.29 is 13.6 Å². The molecule has 2 aromatic rings. The maximum Gasteiger partial charge on any atom is 0.197 e. The number of thiophene rings is 1. The number of aryl methyl sites for hydroxylation is 2. The van der Waals surface area contributed by atoms with Gasteiger partial charge in [-0.2, -0.15) is 0 Å². The number of nitrogen functional groups attached to an aromatic ring is 1. The zero-order chi connectivity index (χ0) is 13.4. The maximum absolute atomic E-state index is 13.7. The molecule has 0 unspecified atom stereocenters. The Kier molecular flexibility index (Phi) is 3.17. The minimum atomic E-state index is -0.871. The molecule has 1 aromatic carbocycles. The zero-order valence-corrected chi connectivity index (χ0v) is 10.7. The lowest BCUT2D eigenvalue weighted by molar-refractivity contribution is 0.103. The third kappa shape index (κ3) is 2.13.